The van der Waals surface area contributed by atoms with E-state index < -0.39 is 0 Å². The molecule has 1 aliphatic rings. The van der Waals surface area contributed by atoms with Crippen LogP contribution in [0.15, 0.2) is 77.7 Å². The van der Waals surface area contributed by atoms with E-state index in [0.717, 1.165) is 16.7 Å². The number of hydrogen-bond donors (Lipinski definition) is 0. The van der Waals surface area contributed by atoms with Gasteiger partial charge in [-0.1, -0.05) is 90.2 Å². The third-order valence-corrected chi connectivity index (χ3v) is 6.52. The van der Waals surface area contributed by atoms with E-state index in [9.17, 15) is 4.79 Å². The summed E-state index contributed by atoms with van der Waals surface area (Å²) in [6.45, 7) is 5.44. The monoisotopic (exact) mass is 475 g/mol. The zero-order valence-electron chi connectivity index (χ0n) is 18.6. The van der Waals surface area contributed by atoms with Crippen LogP contribution in [-0.2, 0) is 17.9 Å². The van der Waals surface area contributed by atoms with E-state index >= 15 is 0 Å². The molecule has 1 fully saturated rings. The fraction of sp³-hybridized carbons (Fsp3) is 0.185. The van der Waals surface area contributed by atoms with E-state index in [4.69, 9.17) is 21.7 Å². The molecular formula is C27H25NO3S2. The molecule has 168 valence electrons. The SMILES string of the molecule is CCOc1cc(/C=C2/SC(=S)N(Cc3ccccc3)C2=O)ccc1OCc1ccc(C)cc1. The lowest BCUT2D eigenvalue weighted by Crippen LogP contribution is -2.27. The maximum Gasteiger partial charge on any atom is 0.266 e. The van der Waals surface area contributed by atoms with Gasteiger partial charge in [0.2, 0.25) is 0 Å². The first-order chi connectivity index (χ1) is 16.0. The van der Waals surface area contributed by atoms with Crippen LogP contribution in [-0.4, -0.2) is 21.7 Å². The molecule has 4 nitrogen and oxygen atoms in total. The van der Waals surface area contributed by atoms with Gasteiger partial charge in [0.05, 0.1) is 18.1 Å². The first-order valence-corrected chi connectivity index (χ1v) is 12.0. The summed E-state index contributed by atoms with van der Waals surface area (Å²) in [4.78, 5) is 15.2. The predicted octanol–water partition coefficient (Wildman–Crippen LogP) is 6.37. The van der Waals surface area contributed by atoms with Gasteiger partial charge in [-0.05, 0) is 48.7 Å². The lowest BCUT2D eigenvalue weighted by molar-refractivity contribution is -0.122. The highest BCUT2D eigenvalue weighted by Gasteiger charge is 2.32. The van der Waals surface area contributed by atoms with Crippen molar-refractivity contribution in [2.24, 2.45) is 0 Å². The highest BCUT2D eigenvalue weighted by Crippen LogP contribution is 2.35. The van der Waals surface area contributed by atoms with Gasteiger partial charge in [0, 0.05) is 0 Å². The molecule has 0 atom stereocenters. The van der Waals surface area contributed by atoms with Gasteiger partial charge in [-0.25, -0.2) is 0 Å². The van der Waals surface area contributed by atoms with Crippen molar-refractivity contribution >= 4 is 40.3 Å². The van der Waals surface area contributed by atoms with Gasteiger partial charge < -0.3 is 9.47 Å². The second-order valence-electron chi connectivity index (χ2n) is 7.67. The van der Waals surface area contributed by atoms with Crippen molar-refractivity contribution in [2.45, 2.75) is 27.0 Å². The lowest BCUT2D eigenvalue weighted by Gasteiger charge is -2.14. The normalized spacial score (nSPS) is 14.7. The Balaban J connectivity index is 1.50. The van der Waals surface area contributed by atoms with Gasteiger partial charge in [-0.15, -0.1) is 0 Å². The summed E-state index contributed by atoms with van der Waals surface area (Å²) >= 11 is 6.79. The second kappa shape index (κ2) is 10.7. The number of carbonyl (C=O) groups is 1. The van der Waals surface area contributed by atoms with Gasteiger partial charge in [0.25, 0.3) is 5.91 Å². The van der Waals surface area contributed by atoms with Crippen molar-refractivity contribution in [1.82, 2.24) is 4.90 Å². The second-order valence-corrected chi connectivity index (χ2v) is 9.34. The van der Waals surface area contributed by atoms with Gasteiger partial charge in [-0.2, -0.15) is 0 Å². The average Bonchev–Trinajstić information content (AvgIpc) is 3.08. The third-order valence-electron chi connectivity index (χ3n) is 5.14. The molecule has 1 aliphatic heterocycles. The minimum absolute atomic E-state index is 0.0773. The molecule has 3 aromatic carbocycles. The number of benzene rings is 3. The molecule has 0 bridgehead atoms. The first kappa shape index (κ1) is 23.1. The molecule has 0 spiro atoms. The van der Waals surface area contributed by atoms with Crippen LogP contribution in [0.2, 0.25) is 0 Å². The predicted molar refractivity (Wildman–Crippen MR) is 138 cm³/mol. The summed E-state index contributed by atoms with van der Waals surface area (Å²) in [5.41, 5.74) is 4.21. The Morgan fingerprint density at radius 1 is 0.939 bits per heavy atom. The van der Waals surface area contributed by atoms with E-state index in [1.165, 1.54) is 17.3 Å². The number of carbonyl (C=O) groups excluding carboxylic acids is 1. The number of thioether (sulfide) groups is 1. The van der Waals surface area contributed by atoms with Crippen LogP contribution in [0.25, 0.3) is 6.08 Å². The topological polar surface area (TPSA) is 38.8 Å². The van der Waals surface area contributed by atoms with Crippen molar-refractivity contribution in [1.29, 1.82) is 0 Å². The Kier molecular flexibility index (Phi) is 7.47. The molecule has 3 aromatic rings. The Morgan fingerprint density at radius 2 is 1.70 bits per heavy atom. The van der Waals surface area contributed by atoms with Gasteiger partial charge >= 0.3 is 0 Å². The van der Waals surface area contributed by atoms with Crippen molar-refractivity contribution in [3.8, 4) is 11.5 Å². The zero-order chi connectivity index (χ0) is 23.2. The van der Waals surface area contributed by atoms with E-state index in [0.29, 0.717) is 40.5 Å². The van der Waals surface area contributed by atoms with E-state index in [-0.39, 0.29) is 5.91 Å². The van der Waals surface area contributed by atoms with Crippen molar-refractivity contribution in [3.05, 3.63) is 100.0 Å². The molecule has 0 radical (unpaired) electrons. The Bertz CT molecular complexity index is 1170. The summed E-state index contributed by atoms with van der Waals surface area (Å²) < 4.78 is 12.4. The zero-order valence-corrected chi connectivity index (χ0v) is 20.2. The summed E-state index contributed by atoms with van der Waals surface area (Å²) in [7, 11) is 0. The maximum atomic E-state index is 13.0. The van der Waals surface area contributed by atoms with E-state index in [2.05, 4.69) is 31.2 Å². The molecule has 33 heavy (non-hydrogen) atoms. The fourth-order valence-electron chi connectivity index (χ4n) is 3.40. The van der Waals surface area contributed by atoms with Gasteiger partial charge in [0.1, 0.15) is 10.9 Å². The summed E-state index contributed by atoms with van der Waals surface area (Å²) in [5, 5.41) is 0. The highest BCUT2D eigenvalue weighted by molar-refractivity contribution is 8.26. The van der Waals surface area contributed by atoms with Crippen molar-refractivity contribution < 1.29 is 14.3 Å². The minimum atomic E-state index is -0.0773. The number of amides is 1. The molecule has 1 heterocycles. The molecule has 0 aromatic heterocycles. The first-order valence-electron chi connectivity index (χ1n) is 10.8. The van der Waals surface area contributed by atoms with Crippen molar-refractivity contribution in [3.63, 3.8) is 0 Å². The van der Waals surface area contributed by atoms with E-state index in [1.807, 2.05) is 61.5 Å². The van der Waals surface area contributed by atoms with Crippen LogP contribution < -0.4 is 9.47 Å². The molecular weight excluding hydrogens is 450 g/mol. The van der Waals surface area contributed by atoms with Crippen LogP contribution in [0.4, 0.5) is 0 Å². The molecule has 1 amide bonds. The Hall–Kier alpha value is -3.09. The van der Waals surface area contributed by atoms with Crippen LogP contribution in [0.1, 0.15) is 29.2 Å². The minimum Gasteiger partial charge on any atom is -0.490 e. The highest BCUT2D eigenvalue weighted by atomic mass is 32.2. The summed E-state index contributed by atoms with van der Waals surface area (Å²) in [6.07, 6.45) is 1.86. The Morgan fingerprint density at radius 3 is 2.42 bits per heavy atom. The van der Waals surface area contributed by atoms with Crippen molar-refractivity contribution in [2.75, 3.05) is 6.61 Å². The summed E-state index contributed by atoms with van der Waals surface area (Å²) in [5.74, 6) is 1.25. The molecule has 6 heteroatoms. The van der Waals surface area contributed by atoms with Crippen LogP contribution >= 0.6 is 24.0 Å². The average molecular weight is 476 g/mol. The van der Waals surface area contributed by atoms with Crippen LogP contribution in [0.3, 0.4) is 0 Å². The van der Waals surface area contributed by atoms with E-state index in [1.54, 1.807) is 4.90 Å². The number of aryl methyl sites for hydroxylation is 1. The molecule has 0 N–H and O–H groups in total. The van der Waals surface area contributed by atoms with Gasteiger partial charge in [-0.3, -0.25) is 9.69 Å². The number of thiocarbonyl (C=S) groups is 1. The number of nitrogens with zero attached hydrogens (tertiary/aromatic N) is 1. The molecule has 0 saturated carbocycles. The van der Waals surface area contributed by atoms with Gasteiger partial charge in [0.15, 0.2) is 11.5 Å². The van der Waals surface area contributed by atoms with Crippen LogP contribution in [0.5, 0.6) is 11.5 Å². The quantitative estimate of drug-likeness (QED) is 0.279. The number of ether oxygens (including phenoxy) is 2. The largest absolute Gasteiger partial charge is 0.490 e. The lowest BCUT2D eigenvalue weighted by atomic mass is 10.1. The Labute approximate surface area is 204 Å². The third kappa shape index (κ3) is 5.83. The number of hydrogen-bond acceptors (Lipinski definition) is 5. The molecule has 0 unspecified atom stereocenters. The molecule has 0 aliphatic carbocycles. The fourth-order valence-corrected chi connectivity index (χ4v) is 4.66. The number of rotatable bonds is 8. The molecule has 1 saturated heterocycles. The van der Waals surface area contributed by atoms with Crippen LogP contribution in [0, 0.1) is 6.92 Å². The summed E-state index contributed by atoms with van der Waals surface area (Å²) in [6, 6.07) is 23.8. The maximum absolute atomic E-state index is 13.0. The standard InChI is InChI=1S/C27H25NO3S2/c1-3-30-24-15-22(13-14-23(24)31-18-21-11-9-19(2)10-12-21)16-25-26(29)28(27(32)33-25)17-20-7-5-4-6-8-20/h4-16H,3,17-18H2,1-2H3/b25-16+. The smallest absolute Gasteiger partial charge is 0.266 e. The molecule has 4 rings (SSSR count).